The molecule has 1 amide bonds. The normalized spacial score (nSPS) is 9.88. The molecule has 0 unspecified atom stereocenters. The van der Waals surface area contributed by atoms with Crippen molar-refractivity contribution in [2.24, 2.45) is 0 Å². The lowest BCUT2D eigenvalue weighted by atomic mass is 10.4. The number of nitrogens with zero attached hydrogens (tertiary/aromatic N) is 2. The molecule has 2 N–H and O–H groups in total. The van der Waals surface area contributed by atoms with Crippen molar-refractivity contribution in [2.45, 2.75) is 0 Å². The van der Waals surface area contributed by atoms with Crippen LogP contribution in [0.15, 0.2) is 47.5 Å². The van der Waals surface area contributed by atoms with Crippen molar-refractivity contribution >= 4 is 11.8 Å². The number of carbonyl (C=O) groups is 1. The van der Waals surface area contributed by atoms with Crippen LogP contribution in [0, 0.1) is 0 Å². The number of hydrogen-bond acceptors (Lipinski definition) is 3. The minimum atomic E-state index is -1.28. The lowest BCUT2D eigenvalue weighted by molar-refractivity contribution is 0.209. The topological polar surface area (TPSA) is 84.2 Å². The molecule has 0 aliphatic carbocycles. The Kier molecular flexibility index (Phi) is 2.87. The fraction of sp³-hybridized carbons (Fsp3) is 0. The first-order chi connectivity index (χ1) is 8.18. The number of anilines is 1. The zero-order chi connectivity index (χ0) is 12.3. The quantitative estimate of drug-likeness (QED) is 0.816. The second-order valence-electron chi connectivity index (χ2n) is 3.22. The van der Waals surface area contributed by atoms with E-state index in [1.807, 2.05) is 5.32 Å². The van der Waals surface area contributed by atoms with Gasteiger partial charge in [0.25, 0.3) is 5.56 Å². The molecule has 0 radical (unpaired) electrons. The molecule has 6 nitrogen and oxygen atoms in total. The van der Waals surface area contributed by atoms with Crippen molar-refractivity contribution in [2.75, 3.05) is 5.32 Å². The maximum atomic E-state index is 11.9. The largest absolute Gasteiger partial charge is 0.465 e. The standard InChI is InChI=1S/C11H9N3O3/c15-10-8(13-11(16)17)4-3-7-14(10)9-5-1-2-6-12-9/h1-7,13H,(H,16,17). The Morgan fingerprint density at radius 2 is 2.12 bits per heavy atom. The molecule has 0 aliphatic rings. The van der Waals surface area contributed by atoms with Gasteiger partial charge in [-0.1, -0.05) is 6.07 Å². The number of nitrogens with one attached hydrogen (secondary N) is 1. The Bertz CT molecular complexity index is 592. The molecule has 0 spiro atoms. The van der Waals surface area contributed by atoms with Crippen molar-refractivity contribution in [1.29, 1.82) is 0 Å². The van der Waals surface area contributed by atoms with Crippen LogP contribution in [0.4, 0.5) is 10.5 Å². The molecular formula is C11H9N3O3. The highest BCUT2D eigenvalue weighted by atomic mass is 16.4. The highest BCUT2D eigenvalue weighted by Crippen LogP contribution is 2.03. The molecular weight excluding hydrogens is 222 g/mol. The van der Waals surface area contributed by atoms with Crippen LogP contribution in [0.1, 0.15) is 0 Å². The maximum absolute atomic E-state index is 11.9. The molecule has 17 heavy (non-hydrogen) atoms. The lowest BCUT2D eigenvalue weighted by Crippen LogP contribution is -2.24. The molecule has 2 aromatic rings. The third kappa shape index (κ3) is 2.31. The Balaban J connectivity index is 2.50. The summed E-state index contributed by atoms with van der Waals surface area (Å²) >= 11 is 0. The van der Waals surface area contributed by atoms with Gasteiger partial charge in [0.15, 0.2) is 0 Å². The zero-order valence-electron chi connectivity index (χ0n) is 8.70. The molecule has 2 rings (SSSR count). The van der Waals surface area contributed by atoms with Crippen molar-refractivity contribution in [3.05, 3.63) is 53.1 Å². The summed E-state index contributed by atoms with van der Waals surface area (Å²) in [6.45, 7) is 0. The minimum absolute atomic E-state index is 0.00865. The fourth-order valence-corrected chi connectivity index (χ4v) is 1.38. The molecule has 0 saturated carbocycles. The summed E-state index contributed by atoms with van der Waals surface area (Å²) < 4.78 is 1.27. The van der Waals surface area contributed by atoms with Gasteiger partial charge in [-0.3, -0.25) is 14.7 Å². The summed E-state index contributed by atoms with van der Waals surface area (Å²) in [5.41, 5.74) is -0.473. The molecule has 86 valence electrons. The van der Waals surface area contributed by atoms with E-state index in [1.165, 1.54) is 16.8 Å². The SMILES string of the molecule is O=C(O)Nc1cccn(-c2ccccn2)c1=O. The van der Waals surface area contributed by atoms with Gasteiger partial charge in [-0.05, 0) is 24.3 Å². The van der Waals surface area contributed by atoms with E-state index in [9.17, 15) is 9.59 Å². The number of aromatic nitrogens is 2. The van der Waals surface area contributed by atoms with Gasteiger partial charge >= 0.3 is 6.09 Å². The summed E-state index contributed by atoms with van der Waals surface area (Å²) in [6, 6.07) is 8.10. The van der Waals surface area contributed by atoms with Crippen LogP contribution >= 0.6 is 0 Å². The summed E-state index contributed by atoms with van der Waals surface area (Å²) in [5, 5.41) is 10.6. The number of amides is 1. The van der Waals surface area contributed by atoms with Gasteiger partial charge in [0.2, 0.25) is 0 Å². The highest BCUT2D eigenvalue weighted by molar-refractivity contribution is 5.82. The monoisotopic (exact) mass is 231 g/mol. The first kappa shape index (κ1) is 10.9. The summed E-state index contributed by atoms with van der Waals surface area (Å²) in [4.78, 5) is 26.4. The van der Waals surface area contributed by atoms with Crippen LogP contribution in [-0.2, 0) is 0 Å². The van der Waals surface area contributed by atoms with Gasteiger partial charge < -0.3 is 5.11 Å². The van der Waals surface area contributed by atoms with Gasteiger partial charge in [-0.25, -0.2) is 9.78 Å². The van der Waals surface area contributed by atoms with E-state index in [-0.39, 0.29) is 5.69 Å². The van der Waals surface area contributed by atoms with Crippen LogP contribution in [0.25, 0.3) is 5.82 Å². The van der Waals surface area contributed by atoms with E-state index in [4.69, 9.17) is 5.11 Å². The number of pyridine rings is 2. The van der Waals surface area contributed by atoms with E-state index in [2.05, 4.69) is 4.98 Å². The zero-order valence-corrected chi connectivity index (χ0v) is 8.70. The van der Waals surface area contributed by atoms with Crippen LogP contribution < -0.4 is 10.9 Å². The summed E-state index contributed by atoms with van der Waals surface area (Å²) in [5.74, 6) is 0.437. The van der Waals surface area contributed by atoms with Gasteiger partial charge in [0, 0.05) is 12.4 Å². The van der Waals surface area contributed by atoms with E-state index < -0.39 is 11.7 Å². The van der Waals surface area contributed by atoms with E-state index in [1.54, 1.807) is 30.5 Å². The predicted octanol–water partition coefficient (Wildman–Crippen LogP) is 1.32. The van der Waals surface area contributed by atoms with Crippen molar-refractivity contribution in [1.82, 2.24) is 9.55 Å². The average molecular weight is 231 g/mol. The molecule has 2 aromatic heterocycles. The number of carboxylic acid groups (broad SMARTS) is 1. The fourth-order valence-electron chi connectivity index (χ4n) is 1.38. The third-order valence-corrected chi connectivity index (χ3v) is 2.08. The molecule has 0 saturated heterocycles. The summed E-state index contributed by atoms with van der Waals surface area (Å²) in [6.07, 6.45) is 1.80. The van der Waals surface area contributed by atoms with E-state index in [0.717, 1.165) is 0 Å². The molecule has 0 aliphatic heterocycles. The number of rotatable bonds is 2. The Morgan fingerprint density at radius 1 is 1.29 bits per heavy atom. The van der Waals surface area contributed by atoms with Gasteiger partial charge in [-0.15, -0.1) is 0 Å². The van der Waals surface area contributed by atoms with E-state index in [0.29, 0.717) is 5.82 Å². The number of hydrogen-bond donors (Lipinski definition) is 2. The second-order valence-corrected chi connectivity index (χ2v) is 3.22. The molecule has 2 heterocycles. The van der Waals surface area contributed by atoms with Crippen molar-refractivity contribution in [3.8, 4) is 5.82 Å². The van der Waals surface area contributed by atoms with Crippen LogP contribution in [-0.4, -0.2) is 20.8 Å². The van der Waals surface area contributed by atoms with Crippen LogP contribution in [0.5, 0.6) is 0 Å². The van der Waals surface area contributed by atoms with Crippen molar-refractivity contribution in [3.63, 3.8) is 0 Å². The Labute approximate surface area is 96.2 Å². The lowest BCUT2D eigenvalue weighted by Gasteiger charge is -2.06. The first-order valence-electron chi connectivity index (χ1n) is 4.81. The molecule has 0 atom stereocenters. The summed E-state index contributed by atoms with van der Waals surface area (Å²) in [7, 11) is 0. The van der Waals surface area contributed by atoms with Gasteiger partial charge in [-0.2, -0.15) is 0 Å². The third-order valence-electron chi connectivity index (χ3n) is 2.08. The van der Waals surface area contributed by atoms with Crippen molar-refractivity contribution < 1.29 is 9.90 Å². The molecule has 0 aromatic carbocycles. The highest BCUT2D eigenvalue weighted by Gasteiger charge is 2.07. The van der Waals surface area contributed by atoms with Crippen LogP contribution in [0.2, 0.25) is 0 Å². The average Bonchev–Trinajstić information content (AvgIpc) is 2.32. The Hall–Kier alpha value is -2.63. The van der Waals surface area contributed by atoms with E-state index >= 15 is 0 Å². The minimum Gasteiger partial charge on any atom is -0.465 e. The second kappa shape index (κ2) is 4.48. The molecule has 6 heteroatoms. The first-order valence-corrected chi connectivity index (χ1v) is 4.81. The van der Waals surface area contributed by atoms with Gasteiger partial charge in [0.1, 0.15) is 11.5 Å². The van der Waals surface area contributed by atoms with Crippen LogP contribution in [0.3, 0.4) is 0 Å². The molecule has 0 fully saturated rings. The van der Waals surface area contributed by atoms with Gasteiger partial charge in [0.05, 0.1) is 0 Å². The smallest absolute Gasteiger partial charge is 0.409 e. The predicted molar refractivity (Wildman–Crippen MR) is 61.5 cm³/mol. The molecule has 0 bridgehead atoms. The Morgan fingerprint density at radius 3 is 2.76 bits per heavy atom. The maximum Gasteiger partial charge on any atom is 0.409 e.